The van der Waals surface area contributed by atoms with Crippen molar-refractivity contribution in [1.29, 1.82) is 0 Å². The maximum atomic E-state index is 14.1. The fraction of sp³-hybridized carbons (Fsp3) is 0.930. The number of hydroxylamine groups is 2. The molecule has 0 aromatic heterocycles. The standard InChI is InChI=1S/C57H94N3O14S2/c1-35(8-14-48(62)58-28-30-75(67,68)69)41-10-11-43-52-44(21-25-55(41,43)5)53(3)23-19-40(33-38(53)34-45(52)61)74-51(65)17-16-50(64)73-39-20-24-54(4)37(32-39)18-27-57(60(7)66)46-13-12-42(56(46,6)26-22-47(54)57)36(2)9-15-49(63)59-29-31-76(70,71)72/h35-47,52,61H,8-34H2,1-7H3,(H,58,62)(H,59,63)(H,67,68,69)(H,70,71,72)/q-1/t35-,36-,37?,38?,39-,40-,41-,42-,43+,44+,45+,46-,47-,52+,53+,54+,55-,56-,57?/m1/s1. The van der Waals surface area contributed by atoms with E-state index >= 15 is 0 Å². The van der Waals surface area contributed by atoms with E-state index in [-0.39, 0.29) is 120 Å². The Morgan fingerprint density at radius 3 is 1.62 bits per heavy atom. The van der Waals surface area contributed by atoms with E-state index in [2.05, 4.69) is 52.2 Å². The highest BCUT2D eigenvalue weighted by Crippen LogP contribution is 2.72. The summed E-state index contributed by atoms with van der Waals surface area (Å²) in [5.74, 6) is 1.01. The van der Waals surface area contributed by atoms with Gasteiger partial charge in [-0.15, -0.1) is 0 Å². The second-order valence-electron chi connectivity index (χ2n) is 27.2. The van der Waals surface area contributed by atoms with Crippen LogP contribution in [0.3, 0.4) is 0 Å². The average molecular weight is 1110 g/mol. The molecule has 3 unspecified atom stereocenters. The van der Waals surface area contributed by atoms with Gasteiger partial charge in [0.25, 0.3) is 20.2 Å². The smallest absolute Gasteiger partial charge is 0.306 e. The number of fused-ring (bicyclic) bond motifs is 10. The van der Waals surface area contributed by atoms with Gasteiger partial charge < -0.3 is 35.5 Å². The minimum absolute atomic E-state index is 0.0296. The summed E-state index contributed by atoms with van der Waals surface area (Å²) < 4.78 is 74.6. The monoisotopic (exact) mass is 1110 g/mol. The van der Waals surface area contributed by atoms with E-state index in [9.17, 15) is 46.3 Å². The molecule has 5 N–H and O–H groups in total. The molecule has 19 heteroatoms. The number of amides is 2. The lowest BCUT2D eigenvalue weighted by molar-refractivity contribution is -0.189. The molecule has 2 amide bonds. The first-order valence-electron chi connectivity index (χ1n) is 29.5. The third kappa shape index (κ3) is 12.0. The first kappa shape index (κ1) is 59.7. The van der Waals surface area contributed by atoms with Crippen LogP contribution in [0.15, 0.2) is 0 Å². The van der Waals surface area contributed by atoms with Crippen molar-refractivity contribution in [2.45, 2.75) is 213 Å². The van der Waals surface area contributed by atoms with Crippen LogP contribution in [0.2, 0.25) is 0 Å². The summed E-state index contributed by atoms with van der Waals surface area (Å²) >= 11 is 0. The van der Waals surface area contributed by atoms with Gasteiger partial charge in [-0.2, -0.15) is 16.8 Å². The average Bonchev–Trinajstić information content (AvgIpc) is 3.88. The molecular weight excluding hydrogens is 1010 g/mol. The van der Waals surface area contributed by atoms with Crippen LogP contribution >= 0.6 is 0 Å². The van der Waals surface area contributed by atoms with Crippen LogP contribution in [0.5, 0.6) is 0 Å². The Kier molecular flexibility index (Phi) is 17.9. The van der Waals surface area contributed by atoms with E-state index in [1.165, 1.54) is 5.06 Å². The molecule has 0 bridgehead atoms. The first-order valence-corrected chi connectivity index (χ1v) is 32.7. The SMILES string of the molecule is C[C@H](CCC(=O)NCCS(=O)(=O)O)[C@H]1CC[C@H]2[C@@H]3[C@@H](O)CC4C[C@H](OC(=O)CCC(=O)O[C@@H]5CC[C@@]6(C)C(CCC7(N(C)[O-])[C@@H]8CC[C@H]([C@H](C)CCC(=O)NCCS(=O)(=O)O)[C@@]8(C)CC[C@@H]76)C5)CC[C@]4(C)[C@H]3CC[C@]12C. The van der Waals surface area contributed by atoms with Gasteiger partial charge in [0.2, 0.25) is 11.8 Å². The van der Waals surface area contributed by atoms with Crippen molar-refractivity contribution in [3.05, 3.63) is 5.21 Å². The molecule has 19 atom stereocenters. The lowest BCUT2D eigenvalue weighted by atomic mass is 9.41. The number of aliphatic hydroxyl groups is 1. The summed E-state index contributed by atoms with van der Waals surface area (Å²) in [6, 6.07) is 0. The van der Waals surface area contributed by atoms with Gasteiger partial charge in [0.15, 0.2) is 0 Å². The maximum Gasteiger partial charge on any atom is 0.306 e. The van der Waals surface area contributed by atoms with E-state index in [0.29, 0.717) is 74.0 Å². The van der Waals surface area contributed by atoms with Crippen molar-refractivity contribution in [1.82, 2.24) is 15.7 Å². The second-order valence-corrected chi connectivity index (χ2v) is 30.3. The van der Waals surface area contributed by atoms with Gasteiger partial charge in [-0.3, -0.25) is 28.3 Å². The van der Waals surface area contributed by atoms with Crippen molar-refractivity contribution in [3.8, 4) is 0 Å². The van der Waals surface area contributed by atoms with Crippen LogP contribution in [0.4, 0.5) is 0 Å². The van der Waals surface area contributed by atoms with E-state index < -0.39 is 43.4 Å². The molecular formula is C57H94N3O14S2-. The van der Waals surface area contributed by atoms with Gasteiger partial charge in [0, 0.05) is 31.5 Å². The molecule has 0 aromatic rings. The molecule has 434 valence electrons. The molecule has 0 heterocycles. The van der Waals surface area contributed by atoms with E-state index in [1.807, 2.05) is 0 Å². The fourth-order valence-electron chi connectivity index (χ4n) is 19.9. The molecule has 0 radical (unpaired) electrons. The molecule has 0 spiro atoms. The van der Waals surface area contributed by atoms with Gasteiger partial charge in [-0.25, -0.2) is 0 Å². The highest BCUT2D eigenvalue weighted by atomic mass is 32.2. The largest absolute Gasteiger partial charge is 0.785 e. The summed E-state index contributed by atoms with van der Waals surface area (Å²) in [6.07, 6.45) is 16.1. The zero-order chi connectivity index (χ0) is 55.4. The Morgan fingerprint density at radius 1 is 0.592 bits per heavy atom. The molecule has 8 fully saturated rings. The van der Waals surface area contributed by atoms with E-state index in [0.717, 1.165) is 89.9 Å². The second kappa shape index (κ2) is 22.8. The van der Waals surface area contributed by atoms with Crippen molar-refractivity contribution in [3.63, 3.8) is 0 Å². The number of aliphatic hydroxyl groups excluding tert-OH is 1. The minimum atomic E-state index is -4.15. The molecule has 8 rings (SSSR count). The summed E-state index contributed by atoms with van der Waals surface area (Å²) in [6.45, 7) is 13.8. The molecule has 17 nitrogen and oxygen atoms in total. The van der Waals surface area contributed by atoms with Crippen molar-refractivity contribution in [2.24, 2.45) is 86.8 Å². The fourth-order valence-corrected chi connectivity index (χ4v) is 20.6. The van der Waals surface area contributed by atoms with Crippen molar-refractivity contribution < 1.29 is 59.7 Å². The number of carbonyl (C=O) groups excluding carboxylic acids is 4. The Morgan fingerprint density at radius 2 is 1.07 bits per heavy atom. The van der Waals surface area contributed by atoms with Gasteiger partial charge in [0.05, 0.1) is 30.5 Å². The quantitative estimate of drug-likeness (QED) is 0.0436. The zero-order valence-electron chi connectivity index (χ0n) is 46.8. The minimum Gasteiger partial charge on any atom is -0.785 e. The summed E-state index contributed by atoms with van der Waals surface area (Å²) in [5, 5.41) is 32.7. The van der Waals surface area contributed by atoms with E-state index in [4.69, 9.17) is 18.6 Å². The highest BCUT2D eigenvalue weighted by Gasteiger charge is 2.68. The normalized spacial score (nSPS) is 41.7. The number of nitrogens with zero attached hydrogens (tertiary/aromatic N) is 1. The third-order valence-corrected chi connectivity index (χ3v) is 25.0. The van der Waals surface area contributed by atoms with Crippen LogP contribution in [0.25, 0.3) is 0 Å². The zero-order valence-corrected chi connectivity index (χ0v) is 48.4. The maximum absolute atomic E-state index is 14.1. The number of nitrogens with one attached hydrogen (secondary N) is 2. The summed E-state index contributed by atoms with van der Waals surface area (Å²) in [7, 11) is -6.55. The predicted molar refractivity (Wildman–Crippen MR) is 287 cm³/mol. The van der Waals surface area contributed by atoms with Crippen LogP contribution in [-0.4, -0.2) is 115 Å². The molecule has 0 saturated heterocycles. The molecule has 0 aliphatic heterocycles. The molecule has 8 saturated carbocycles. The summed E-state index contributed by atoms with van der Waals surface area (Å²) in [4.78, 5) is 51.9. The van der Waals surface area contributed by atoms with Crippen LogP contribution in [-0.2, 0) is 48.9 Å². The third-order valence-electron chi connectivity index (χ3n) is 23.6. The number of carbonyl (C=O) groups is 4. The number of ether oxygens (including phenoxy) is 2. The topological polar surface area (TPSA) is 266 Å². The first-order chi connectivity index (χ1) is 35.5. The van der Waals surface area contributed by atoms with Crippen LogP contribution < -0.4 is 10.6 Å². The number of rotatable bonds is 20. The highest BCUT2D eigenvalue weighted by molar-refractivity contribution is 7.86. The Hall–Kier alpha value is -2.42. The molecule has 0 aromatic carbocycles. The van der Waals surface area contributed by atoms with Crippen molar-refractivity contribution in [2.75, 3.05) is 31.6 Å². The number of hydrogen-bond acceptors (Lipinski definition) is 13. The Balaban J connectivity index is 0.780. The molecule has 76 heavy (non-hydrogen) atoms. The molecule has 8 aliphatic carbocycles. The van der Waals surface area contributed by atoms with Crippen molar-refractivity contribution >= 4 is 44.0 Å². The Bertz CT molecular complexity index is 2360. The lowest BCUT2D eigenvalue weighted by Gasteiger charge is -2.70. The lowest BCUT2D eigenvalue weighted by Crippen LogP contribution is -2.69. The number of esters is 2. The van der Waals surface area contributed by atoms with Gasteiger partial charge in [-0.1, -0.05) is 41.5 Å². The van der Waals surface area contributed by atoms with Gasteiger partial charge in [-0.05, 0) is 216 Å². The van der Waals surface area contributed by atoms with Gasteiger partial charge >= 0.3 is 11.9 Å². The van der Waals surface area contributed by atoms with Gasteiger partial charge in [0.1, 0.15) is 12.2 Å². The van der Waals surface area contributed by atoms with E-state index in [1.54, 1.807) is 7.05 Å². The predicted octanol–water partition coefficient (Wildman–Crippen LogP) is 8.27. The van der Waals surface area contributed by atoms with Crippen LogP contribution in [0, 0.1) is 92.0 Å². The summed E-state index contributed by atoms with van der Waals surface area (Å²) in [5.41, 5.74) is -0.547. The van der Waals surface area contributed by atoms with Crippen LogP contribution in [0.1, 0.15) is 189 Å². The number of hydrogen-bond donors (Lipinski definition) is 5. The molecule has 8 aliphatic rings. The Labute approximate surface area is 454 Å².